The number of fused-ring (bicyclic) bond motifs is 1. The first-order chi connectivity index (χ1) is 16.0. The van der Waals surface area contributed by atoms with Crippen molar-refractivity contribution in [3.8, 4) is 5.75 Å². The maximum Gasteiger partial charge on any atom is 0.264 e. The summed E-state index contributed by atoms with van der Waals surface area (Å²) in [6.45, 7) is 4.86. The first-order valence-corrected chi connectivity index (χ1v) is 12.8. The summed E-state index contributed by atoms with van der Waals surface area (Å²) >= 11 is 3.07. The number of halogens is 1. The summed E-state index contributed by atoms with van der Waals surface area (Å²) in [6, 6.07) is 11.3. The predicted octanol–water partition coefficient (Wildman–Crippen LogP) is 5.39. The molecule has 2 aromatic heterocycles. The minimum Gasteiger partial charge on any atom is -0.491 e. The van der Waals surface area contributed by atoms with Gasteiger partial charge in [0, 0.05) is 17.5 Å². The van der Waals surface area contributed by atoms with Gasteiger partial charge in [0.15, 0.2) is 0 Å². The fourth-order valence-electron chi connectivity index (χ4n) is 4.01. The van der Waals surface area contributed by atoms with Gasteiger partial charge in [0.2, 0.25) is 5.91 Å². The molecule has 8 heteroatoms. The number of amides is 2. The molecule has 0 fully saturated rings. The molecule has 1 aliphatic rings. The number of carbonyl (C=O) groups is 2. The third-order valence-electron chi connectivity index (χ3n) is 6.06. The van der Waals surface area contributed by atoms with E-state index in [-0.39, 0.29) is 42.9 Å². The molecule has 2 amide bonds. The Labute approximate surface area is 201 Å². The molecule has 0 spiro atoms. The van der Waals surface area contributed by atoms with Crippen LogP contribution in [0.25, 0.3) is 0 Å². The largest absolute Gasteiger partial charge is 0.491 e. The SMILES string of the molecule is CC[C@H](C)N(CC(=O)N1CCc2sccc2[C@H]1COc1ccc(F)cc1)C(=O)c1cccs1. The Bertz CT molecular complexity index is 1080. The third kappa shape index (κ3) is 5.28. The zero-order valence-corrected chi connectivity index (χ0v) is 20.3. The molecule has 0 bridgehead atoms. The molecule has 0 N–H and O–H groups in total. The highest BCUT2D eigenvalue weighted by Crippen LogP contribution is 2.34. The first kappa shape index (κ1) is 23.4. The summed E-state index contributed by atoms with van der Waals surface area (Å²) in [5.41, 5.74) is 1.08. The van der Waals surface area contributed by atoms with E-state index in [0.29, 0.717) is 17.2 Å². The molecule has 0 unspecified atom stereocenters. The van der Waals surface area contributed by atoms with Gasteiger partial charge in [-0.05, 0) is 72.5 Å². The van der Waals surface area contributed by atoms with Crippen molar-refractivity contribution in [3.05, 3.63) is 74.4 Å². The second kappa shape index (κ2) is 10.5. The van der Waals surface area contributed by atoms with Gasteiger partial charge in [0.25, 0.3) is 5.91 Å². The summed E-state index contributed by atoms with van der Waals surface area (Å²) in [6.07, 6.45) is 1.55. The van der Waals surface area contributed by atoms with Crippen molar-refractivity contribution in [2.75, 3.05) is 19.7 Å². The fourth-order valence-corrected chi connectivity index (χ4v) is 5.61. The van der Waals surface area contributed by atoms with Crippen molar-refractivity contribution < 1.29 is 18.7 Å². The fraction of sp³-hybridized carbons (Fsp3) is 0.360. The van der Waals surface area contributed by atoms with Crippen LogP contribution in [0.15, 0.2) is 53.2 Å². The molecule has 1 aliphatic heterocycles. The van der Waals surface area contributed by atoms with Gasteiger partial charge in [-0.15, -0.1) is 22.7 Å². The molecule has 33 heavy (non-hydrogen) atoms. The van der Waals surface area contributed by atoms with Crippen molar-refractivity contribution in [2.45, 2.75) is 38.8 Å². The number of hydrogen-bond donors (Lipinski definition) is 0. The zero-order valence-electron chi connectivity index (χ0n) is 18.7. The lowest BCUT2D eigenvalue weighted by Gasteiger charge is -2.38. The number of rotatable bonds is 8. The monoisotopic (exact) mass is 486 g/mol. The lowest BCUT2D eigenvalue weighted by atomic mass is 10.00. The Morgan fingerprint density at radius 3 is 2.67 bits per heavy atom. The maximum atomic E-state index is 13.5. The van der Waals surface area contributed by atoms with Gasteiger partial charge in [0.1, 0.15) is 24.7 Å². The normalized spacial score (nSPS) is 16.2. The highest BCUT2D eigenvalue weighted by atomic mass is 32.1. The van der Waals surface area contributed by atoms with E-state index in [1.54, 1.807) is 34.4 Å². The van der Waals surface area contributed by atoms with Gasteiger partial charge in [-0.1, -0.05) is 13.0 Å². The Balaban J connectivity index is 1.53. The van der Waals surface area contributed by atoms with Crippen LogP contribution in [0, 0.1) is 5.82 Å². The van der Waals surface area contributed by atoms with E-state index in [4.69, 9.17) is 4.74 Å². The van der Waals surface area contributed by atoms with Crippen LogP contribution >= 0.6 is 22.7 Å². The Kier molecular flexibility index (Phi) is 7.45. The van der Waals surface area contributed by atoms with Crippen LogP contribution in [-0.2, 0) is 11.2 Å². The Morgan fingerprint density at radius 2 is 1.97 bits per heavy atom. The molecule has 2 atom stereocenters. The van der Waals surface area contributed by atoms with E-state index in [1.807, 2.05) is 41.6 Å². The predicted molar refractivity (Wildman–Crippen MR) is 129 cm³/mol. The van der Waals surface area contributed by atoms with Crippen LogP contribution < -0.4 is 4.74 Å². The summed E-state index contributed by atoms with van der Waals surface area (Å²) in [5, 5.41) is 3.91. The molecular weight excluding hydrogens is 459 g/mol. The summed E-state index contributed by atoms with van der Waals surface area (Å²) in [4.78, 5) is 32.0. The number of hydrogen-bond acceptors (Lipinski definition) is 5. The number of carbonyl (C=O) groups excluding carboxylic acids is 2. The van der Waals surface area contributed by atoms with Gasteiger partial charge in [-0.25, -0.2) is 4.39 Å². The van der Waals surface area contributed by atoms with Gasteiger partial charge in [-0.2, -0.15) is 0 Å². The number of ether oxygens (including phenoxy) is 1. The quantitative estimate of drug-likeness (QED) is 0.429. The highest BCUT2D eigenvalue weighted by molar-refractivity contribution is 7.12. The molecule has 3 aromatic rings. The van der Waals surface area contributed by atoms with E-state index < -0.39 is 0 Å². The van der Waals surface area contributed by atoms with Crippen molar-refractivity contribution in [2.24, 2.45) is 0 Å². The van der Waals surface area contributed by atoms with Crippen molar-refractivity contribution in [1.82, 2.24) is 9.80 Å². The van der Waals surface area contributed by atoms with Crippen LogP contribution in [0.1, 0.15) is 46.4 Å². The molecule has 174 valence electrons. The Hall–Kier alpha value is -2.71. The first-order valence-electron chi connectivity index (χ1n) is 11.1. The summed E-state index contributed by atoms with van der Waals surface area (Å²) in [7, 11) is 0. The number of benzene rings is 1. The van der Waals surface area contributed by atoms with E-state index in [0.717, 1.165) is 18.4 Å². The van der Waals surface area contributed by atoms with E-state index in [1.165, 1.54) is 28.3 Å². The van der Waals surface area contributed by atoms with Crippen molar-refractivity contribution in [1.29, 1.82) is 0 Å². The molecule has 3 heterocycles. The van der Waals surface area contributed by atoms with E-state index in [2.05, 4.69) is 0 Å². The second-order valence-electron chi connectivity index (χ2n) is 8.08. The lowest BCUT2D eigenvalue weighted by Crippen LogP contribution is -2.49. The van der Waals surface area contributed by atoms with Crippen molar-refractivity contribution in [3.63, 3.8) is 0 Å². The molecule has 0 radical (unpaired) electrons. The Morgan fingerprint density at radius 1 is 1.18 bits per heavy atom. The average molecular weight is 487 g/mol. The summed E-state index contributed by atoms with van der Waals surface area (Å²) in [5.74, 6) is 0.0301. The molecule has 4 rings (SSSR count). The third-order valence-corrected chi connectivity index (χ3v) is 7.91. The standard InChI is InChI=1S/C25H27FN2O3S2/c1-3-17(2)28(25(30)23-5-4-13-32-23)15-24(29)27-12-10-22-20(11-14-33-22)21(27)16-31-19-8-6-18(26)7-9-19/h4-9,11,13-14,17,21H,3,10,12,15-16H2,1-2H3/t17-,21+/m0/s1. The van der Waals surface area contributed by atoms with Crippen LogP contribution in [0.4, 0.5) is 4.39 Å². The molecule has 5 nitrogen and oxygen atoms in total. The summed E-state index contributed by atoms with van der Waals surface area (Å²) < 4.78 is 19.2. The molecule has 0 saturated carbocycles. The minimum absolute atomic E-state index is 0.0261. The smallest absolute Gasteiger partial charge is 0.264 e. The average Bonchev–Trinajstić information content (AvgIpc) is 3.53. The maximum absolute atomic E-state index is 13.5. The van der Waals surface area contributed by atoms with E-state index in [9.17, 15) is 14.0 Å². The van der Waals surface area contributed by atoms with Crippen LogP contribution in [-0.4, -0.2) is 47.4 Å². The minimum atomic E-state index is -0.322. The van der Waals surface area contributed by atoms with Crippen LogP contribution in [0.5, 0.6) is 5.75 Å². The van der Waals surface area contributed by atoms with Gasteiger partial charge in [-0.3, -0.25) is 9.59 Å². The number of thiophene rings is 2. The van der Waals surface area contributed by atoms with Crippen LogP contribution in [0.3, 0.4) is 0 Å². The van der Waals surface area contributed by atoms with Gasteiger partial charge < -0.3 is 14.5 Å². The molecule has 0 saturated heterocycles. The van der Waals surface area contributed by atoms with Gasteiger partial charge >= 0.3 is 0 Å². The number of nitrogens with zero attached hydrogens (tertiary/aromatic N) is 2. The molecular formula is C25H27FN2O3S2. The second-order valence-corrected chi connectivity index (χ2v) is 10.0. The zero-order chi connectivity index (χ0) is 23.4. The molecule has 0 aliphatic carbocycles. The van der Waals surface area contributed by atoms with Crippen LogP contribution in [0.2, 0.25) is 0 Å². The van der Waals surface area contributed by atoms with Gasteiger partial charge in [0.05, 0.1) is 10.9 Å². The highest BCUT2D eigenvalue weighted by Gasteiger charge is 2.34. The molecule has 1 aromatic carbocycles. The van der Waals surface area contributed by atoms with Crippen molar-refractivity contribution >= 4 is 34.5 Å². The lowest BCUT2D eigenvalue weighted by molar-refractivity contribution is -0.136. The van der Waals surface area contributed by atoms with E-state index >= 15 is 0 Å². The topological polar surface area (TPSA) is 49.9 Å².